The van der Waals surface area contributed by atoms with E-state index in [1.54, 1.807) is 12.4 Å². The highest BCUT2D eigenvalue weighted by Crippen LogP contribution is 1.96. The van der Waals surface area contributed by atoms with Gasteiger partial charge in [-0.15, -0.1) is 0 Å². The quantitative estimate of drug-likeness (QED) is 0.493. The lowest BCUT2D eigenvalue weighted by Gasteiger charge is -1.89. The second-order valence-electron chi connectivity index (χ2n) is 1.90. The summed E-state index contributed by atoms with van der Waals surface area (Å²) in [6, 6.07) is 0.602. The summed E-state index contributed by atoms with van der Waals surface area (Å²) >= 11 is 0. The van der Waals surface area contributed by atoms with Gasteiger partial charge in [-0.1, -0.05) is 6.04 Å². The van der Waals surface area contributed by atoms with Gasteiger partial charge in [0, 0.05) is 12.4 Å². The molecule has 0 saturated heterocycles. The van der Waals surface area contributed by atoms with Crippen molar-refractivity contribution < 1.29 is 1.37 Å². The molecule has 42 valence electrons. The maximum Gasteiger partial charge on any atom is 0.0629 e. The van der Waals surface area contributed by atoms with Gasteiger partial charge in [0.05, 0.1) is 1.37 Å². The molecule has 0 unspecified atom stereocenters. The van der Waals surface area contributed by atoms with Crippen molar-refractivity contribution >= 4 is 0 Å². The lowest BCUT2D eigenvalue weighted by molar-refractivity contribution is 1.22. The molecule has 0 bridgehead atoms. The Balaban J connectivity index is 3.25. The summed E-state index contributed by atoms with van der Waals surface area (Å²) in [4.78, 5) is 3.92. The number of hydrogen-bond donors (Lipinski definition) is 0. The zero-order chi connectivity index (χ0) is 6.85. The maximum atomic E-state index is 7.40. The Labute approximate surface area is 50.8 Å². The number of aryl methyl sites for hydroxylation is 2. The molecule has 1 aromatic heterocycles. The lowest BCUT2D eigenvalue weighted by Crippen LogP contribution is -1.76. The van der Waals surface area contributed by atoms with E-state index in [9.17, 15) is 0 Å². The first-order valence-electron chi connectivity index (χ1n) is 3.09. The summed E-state index contributed by atoms with van der Waals surface area (Å²) in [6.45, 7) is 3.78. The minimum Gasteiger partial charge on any atom is -0.264 e. The summed E-state index contributed by atoms with van der Waals surface area (Å²) < 4.78 is 7.40. The Morgan fingerprint density at radius 3 is 2.25 bits per heavy atom. The fraction of sp³-hybridized carbons (Fsp3) is 0.286. The molecular formula is C7H9N. The Morgan fingerprint density at radius 1 is 1.38 bits per heavy atom. The van der Waals surface area contributed by atoms with Gasteiger partial charge in [-0.25, -0.2) is 0 Å². The molecule has 0 atom stereocenters. The molecule has 0 spiro atoms. The normalized spacial score (nSPS) is 11.0. The van der Waals surface area contributed by atoms with E-state index in [0.717, 1.165) is 11.1 Å². The van der Waals surface area contributed by atoms with Crippen LogP contribution in [0.2, 0.25) is 0 Å². The number of hydrogen-bond acceptors (Lipinski definition) is 1. The van der Waals surface area contributed by atoms with Crippen molar-refractivity contribution in [3.05, 3.63) is 29.6 Å². The number of aromatic nitrogens is 1. The SMILES string of the molecule is [2H]c1c(C)cncc1C. The highest BCUT2D eigenvalue weighted by Gasteiger charge is 1.81. The number of rotatable bonds is 0. The average molecular weight is 108 g/mol. The van der Waals surface area contributed by atoms with Crippen LogP contribution in [-0.2, 0) is 0 Å². The predicted octanol–water partition coefficient (Wildman–Crippen LogP) is 1.70. The molecule has 1 aromatic rings. The van der Waals surface area contributed by atoms with Crippen LogP contribution >= 0.6 is 0 Å². The van der Waals surface area contributed by atoms with E-state index in [1.165, 1.54) is 0 Å². The van der Waals surface area contributed by atoms with E-state index in [1.807, 2.05) is 13.8 Å². The van der Waals surface area contributed by atoms with Crippen LogP contribution in [0.1, 0.15) is 12.5 Å². The average Bonchev–Trinajstić information content (AvgIpc) is 1.83. The van der Waals surface area contributed by atoms with Crippen molar-refractivity contribution in [2.45, 2.75) is 13.8 Å². The van der Waals surface area contributed by atoms with Crippen LogP contribution in [0.3, 0.4) is 0 Å². The largest absolute Gasteiger partial charge is 0.264 e. The maximum absolute atomic E-state index is 7.40. The molecule has 1 heterocycles. The molecule has 0 aliphatic rings. The lowest BCUT2D eigenvalue weighted by atomic mass is 10.2. The second-order valence-corrected chi connectivity index (χ2v) is 1.90. The molecule has 8 heavy (non-hydrogen) atoms. The van der Waals surface area contributed by atoms with Crippen molar-refractivity contribution in [3.8, 4) is 0 Å². The molecule has 1 nitrogen and oxygen atoms in total. The molecule has 1 heteroatoms. The summed E-state index contributed by atoms with van der Waals surface area (Å²) in [5.41, 5.74) is 1.88. The Bertz CT molecular complexity index is 200. The molecule has 0 radical (unpaired) electrons. The van der Waals surface area contributed by atoms with Gasteiger partial charge in [-0.2, -0.15) is 0 Å². The van der Waals surface area contributed by atoms with Crippen LogP contribution in [0.25, 0.3) is 0 Å². The standard InChI is InChI=1S/C7H9N/c1-6-3-7(2)5-8-4-6/h3-5H,1-2H3/i3D. The highest BCUT2D eigenvalue weighted by molar-refractivity contribution is 5.14. The van der Waals surface area contributed by atoms with Gasteiger partial charge in [0.25, 0.3) is 0 Å². The molecule has 0 aliphatic carbocycles. The van der Waals surface area contributed by atoms with Gasteiger partial charge in [0.1, 0.15) is 0 Å². The fourth-order valence-corrected chi connectivity index (χ4v) is 0.636. The number of pyridine rings is 1. The molecule has 0 N–H and O–H groups in total. The third kappa shape index (κ3) is 1.06. The third-order valence-electron chi connectivity index (χ3n) is 0.931. The van der Waals surface area contributed by atoms with Crippen LogP contribution in [0, 0.1) is 13.8 Å². The first-order valence-corrected chi connectivity index (χ1v) is 2.59. The van der Waals surface area contributed by atoms with Crippen LogP contribution in [0.5, 0.6) is 0 Å². The monoisotopic (exact) mass is 108 g/mol. The molecule has 0 aromatic carbocycles. The van der Waals surface area contributed by atoms with Crippen molar-refractivity contribution in [3.63, 3.8) is 0 Å². The van der Waals surface area contributed by atoms with Crippen molar-refractivity contribution in [1.82, 2.24) is 4.98 Å². The number of nitrogens with zero attached hydrogens (tertiary/aromatic N) is 1. The van der Waals surface area contributed by atoms with E-state index in [2.05, 4.69) is 4.98 Å². The second kappa shape index (κ2) is 1.95. The van der Waals surface area contributed by atoms with Crippen LogP contribution in [0.4, 0.5) is 0 Å². The third-order valence-corrected chi connectivity index (χ3v) is 0.931. The van der Waals surface area contributed by atoms with Crippen molar-refractivity contribution in [1.29, 1.82) is 0 Å². The Morgan fingerprint density at radius 2 is 1.88 bits per heavy atom. The smallest absolute Gasteiger partial charge is 0.0629 e. The first kappa shape index (κ1) is 4.07. The molecule has 0 aliphatic heterocycles. The summed E-state index contributed by atoms with van der Waals surface area (Å²) in [6.07, 6.45) is 3.41. The molecular weight excluding hydrogens is 98.1 g/mol. The zero-order valence-electron chi connectivity index (χ0n) is 6.10. The molecule has 0 fully saturated rings. The topological polar surface area (TPSA) is 12.9 Å². The van der Waals surface area contributed by atoms with Gasteiger partial charge in [0.15, 0.2) is 0 Å². The van der Waals surface area contributed by atoms with Gasteiger partial charge < -0.3 is 0 Å². The molecule has 0 amide bonds. The van der Waals surface area contributed by atoms with Gasteiger partial charge in [0.2, 0.25) is 0 Å². The minimum absolute atomic E-state index is 0.602. The van der Waals surface area contributed by atoms with E-state index in [4.69, 9.17) is 1.37 Å². The minimum atomic E-state index is 0.602. The summed E-state index contributed by atoms with van der Waals surface area (Å²) in [7, 11) is 0. The van der Waals surface area contributed by atoms with E-state index >= 15 is 0 Å². The van der Waals surface area contributed by atoms with E-state index in [-0.39, 0.29) is 0 Å². The van der Waals surface area contributed by atoms with Gasteiger partial charge in [-0.05, 0) is 25.0 Å². The van der Waals surface area contributed by atoms with Gasteiger partial charge in [-0.3, -0.25) is 4.98 Å². The predicted molar refractivity (Wildman–Crippen MR) is 33.7 cm³/mol. The van der Waals surface area contributed by atoms with Crippen LogP contribution < -0.4 is 0 Å². The van der Waals surface area contributed by atoms with Crippen molar-refractivity contribution in [2.24, 2.45) is 0 Å². The van der Waals surface area contributed by atoms with Gasteiger partial charge >= 0.3 is 0 Å². The molecule has 0 saturated carbocycles. The summed E-state index contributed by atoms with van der Waals surface area (Å²) in [5.74, 6) is 0. The van der Waals surface area contributed by atoms with Crippen molar-refractivity contribution in [2.75, 3.05) is 0 Å². The molecule has 1 rings (SSSR count). The van der Waals surface area contributed by atoms with E-state index in [0.29, 0.717) is 6.04 Å². The van der Waals surface area contributed by atoms with Crippen LogP contribution in [-0.4, -0.2) is 4.98 Å². The fourth-order valence-electron chi connectivity index (χ4n) is 0.636. The van der Waals surface area contributed by atoms with Crippen LogP contribution in [0.15, 0.2) is 18.4 Å². The zero-order valence-corrected chi connectivity index (χ0v) is 5.10. The highest BCUT2D eigenvalue weighted by atomic mass is 14.6. The summed E-state index contributed by atoms with van der Waals surface area (Å²) in [5, 5.41) is 0. The van der Waals surface area contributed by atoms with E-state index < -0.39 is 0 Å². The Kier molecular flexibility index (Phi) is 0.992. The Hall–Kier alpha value is -0.850. The first-order chi connectivity index (χ1) is 4.22.